The summed E-state index contributed by atoms with van der Waals surface area (Å²) in [6, 6.07) is 19.9. The standard InChI is InChI=1S/C32H28N6/c1-17(2)31-33-16-28(36-31)23-8-7-19-11-20(5-6-21(19)12-23)22-9-10-24-25(13-22)26-14-34-35-15-27(26)30-29(24)37-32(38-30)18(3)4/h5-18,34H,1-4H3,(H,33,36). The first-order chi connectivity index (χ1) is 18.5. The van der Waals surface area contributed by atoms with Crippen LogP contribution in [0.5, 0.6) is 0 Å². The van der Waals surface area contributed by atoms with Crippen LogP contribution in [0.15, 0.2) is 73.2 Å². The molecule has 6 nitrogen and oxygen atoms in total. The van der Waals surface area contributed by atoms with E-state index in [1.54, 1.807) is 0 Å². The predicted molar refractivity (Wildman–Crippen MR) is 155 cm³/mol. The smallest absolute Gasteiger partial charge is 0.132 e. The molecule has 0 radical (unpaired) electrons. The Balaban J connectivity index is 1.35. The molecular weight excluding hydrogens is 468 g/mol. The van der Waals surface area contributed by atoms with Crippen molar-refractivity contribution in [3.8, 4) is 22.4 Å². The van der Waals surface area contributed by atoms with Crippen molar-refractivity contribution in [1.29, 1.82) is 0 Å². The summed E-state index contributed by atoms with van der Waals surface area (Å²) in [4.78, 5) is 17.8. The van der Waals surface area contributed by atoms with Crippen molar-refractivity contribution in [3.63, 3.8) is 0 Å². The minimum atomic E-state index is 0.263. The molecule has 7 rings (SSSR count). The van der Waals surface area contributed by atoms with Crippen molar-refractivity contribution in [3.05, 3.63) is 84.8 Å². The van der Waals surface area contributed by atoms with E-state index < -0.39 is 0 Å². The van der Waals surface area contributed by atoms with Crippen molar-refractivity contribution in [2.75, 3.05) is 0 Å². The Labute approximate surface area is 220 Å². The maximum atomic E-state index is 4.92. The van der Waals surface area contributed by atoms with Gasteiger partial charge in [-0.3, -0.25) is 5.10 Å². The molecule has 0 spiro atoms. The third kappa shape index (κ3) is 3.56. The van der Waals surface area contributed by atoms with E-state index in [1.165, 1.54) is 21.9 Å². The zero-order valence-electron chi connectivity index (χ0n) is 21.9. The zero-order chi connectivity index (χ0) is 26.0. The molecular formula is C32H28N6. The van der Waals surface area contributed by atoms with Crippen LogP contribution < -0.4 is 0 Å². The fourth-order valence-corrected chi connectivity index (χ4v) is 5.28. The van der Waals surface area contributed by atoms with Gasteiger partial charge < -0.3 is 4.98 Å². The quantitative estimate of drug-likeness (QED) is 0.241. The fourth-order valence-electron chi connectivity index (χ4n) is 5.28. The number of fused-ring (bicyclic) bond motifs is 7. The largest absolute Gasteiger partial charge is 0.342 e. The molecule has 3 heterocycles. The van der Waals surface area contributed by atoms with Gasteiger partial charge in [-0.2, -0.15) is 5.10 Å². The summed E-state index contributed by atoms with van der Waals surface area (Å²) in [5.74, 6) is 2.52. The van der Waals surface area contributed by atoms with Gasteiger partial charge in [0.1, 0.15) is 17.2 Å². The normalized spacial score (nSPS) is 12.2. The number of H-pyrrole nitrogens is 2. The predicted octanol–water partition coefficient (Wildman–Crippen LogP) is 8.12. The molecule has 0 fully saturated rings. The van der Waals surface area contributed by atoms with Gasteiger partial charge in [-0.05, 0) is 45.5 Å². The summed E-state index contributed by atoms with van der Waals surface area (Å²) in [7, 11) is 0. The van der Waals surface area contributed by atoms with Crippen LogP contribution in [-0.2, 0) is 0 Å². The third-order valence-electron chi connectivity index (χ3n) is 7.41. The van der Waals surface area contributed by atoms with E-state index in [2.05, 4.69) is 102 Å². The molecule has 38 heavy (non-hydrogen) atoms. The molecule has 0 aliphatic carbocycles. The number of benzene rings is 4. The van der Waals surface area contributed by atoms with Gasteiger partial charge in [-0.1, -0.05) is 64.1 Å². The SMILES string of the molecule is CC(C)c1nc2c3ccc(-c4ccc5cc(-c6cnc(C(C)C)[nH]6)ccc5c4)cc3c3c[nH]ncc3c2n1. The minimum absolute atomic E-state index is 0.263. The highest BCUT2D eigenvalue weighted by Crippen LogP contribution is 2.37. The van der Waals surface area contributed by atoms with Gasteiger partial charge >= 0.3 is 0 Å². The maximum Gasteiger partial charge on any atom is 0.132 e. The van der Waals surface area contributed by atoms with E-state index in [9.17, 15) is 0 Å². The van der Waals surface area contributed by atoms with Crippen molar-refractivity contribution < 1.29 is 0 Å². The Morgan fingerprint density at radius 3 is 2.05 bits per heavy atom. The first kappa shape index (κ1) is 22.6. The van der Waals surface area contributed by atoms with Crippen LogP contribution in [0.3, 0.4) is 0 Å². The van der Waals surface area contributed by atoms with Crippen LogP contribution in [0.25, 0.3) is 65.7 Å². The number of aromatic amines is 2. The average Bonchev–Trinajstić information content (AvgIpc) is 3.61. The number of nitrogens with one attached hydrogen (secondary N) is 2. The summed E-state index contributed by atoms with van der Waals surface area (Å²) in [5, 5.41) is 14.1. The molecule has 0 aliphatic rings. The molecule has 4 aromatic carbocycles. The van der Waals surface area contributed by atoms with E-state index in [1.807, 2.05) is 18.6 Å². The molecule has 0 bridgehead atoms. The van der Waals surface area contributed by atoms with Crippen LogP contribution in [0, 0.1) is 0 Å². The number of nitrogens with zero attached hydrogens (tertiary/aromatic N) is 4. The lowest BCUT2D eigenvalue weighted by Gasteiger charge is -2.10. The molecule has 0 atom stereocenters. The molecule has 0 saturated heterocycles. The highest BCUT2D eigenvalue weighted by atomic mass is 15.1. The Kier molecular flexibility index (Phi) is 5.05. The molecule has 0 aliphatic heterocycles. The molecule has 2 N–H and O–H groups in total. The molecule has 186 valence electrons. The highest BCUT2D eigenvalue weighted by molar-refractivity contribution is 6.23. The van der Waals surface area contributed by atoms with E-state index >= 15 is 0 Å². The monoisotopic (exact) mass is 496 g/mol. The molecule has 6 heteroatoms. The van der Waals surface area contributed by atoms with Crippen molar-refractivity contribution in [1.82, 2.24) is 30.1 Å². The molecule has 3 aromatic heterocycles. The lowest BCUT2D eigenvalue weighted by Crippen LogP contribution is -1.89. The molecule has 7 aromatic rings. The van der Waals surface area contributed by atoms with Gasteiger partial charge in [0.05, 0.1) is 23.6 Å². The van der Waals surface area contributed by atoms with Crippen molar-refractivity contribution in [2.24, 2.45) is 0 Å². The van der Waals surface area contributed by atoms with Gasteiger partial charge in [0.2, 0.25) is 0 Å². The lowest BCUT2D eigenvalue weighted by molar-refractivity contribution is 0.795. The topological polar surface area (TPSA) is 83.1 Å². The summed E-state index contributed by atoms with van der Waals surface area (Å²) in [6.07, 6.45) is 5.75. The van der Waals surface area contributed by atoms with E-state index in [4.69, 9.17) is 9.97 Å². The average molecular weight is 497 g/mol. The summed E-state index contributed by atoms with van der Waals surface area (Å²) in [6.45, 7) is 8.55. The summed E-state index contributed by atoms with van der Waals surface area (Å²) >= 11 is 0. The Hall–Kier alpha value is -4.58. The van der Waals surface area contributed by atoms with Crippen molar-refractivity contribution in [2.45, 2.75) is 39.5 Å². The van der Waals surface area contributed by atoms with Crippen LogP contribution in [0.1, 0.15) is 51.2 Å². The lowest BCUT2D eigenvalue weighted by atomic mass is 9.95. The van der Waals surface area contributed by atoms with Gasteiger partial charge in [0.25, 0.3) is 0 Å². The van der Waals surface area contributed by atoms with Gasteiger partial charge in [-0.25, -0.2) is 15.0 Å². The molecule has 0 unspecified atom stereocenters. The van der Waals surface area contributed by atoms with Gasteiger partial charge in [0.15, 0.2) is 0 Å². The van der Waals surface area contributed by atoms with E-state index in [-0.39, 0.29) is 5.92 Å². The highest BCUT2D eigenvalue weighted by Gasteiger charge is 2.16. The van der Waals surface area contributed by atoms with Gasteiger partial charge in [0, 0.05) is 39.8 Å². The van der Waals surface area contributed by atoms with E-state index in [0.29, 0.717) is 5.92 Å². The van der Waals surface area contributed by atoms with Crippen LogP contribution in [0.2, 0.25) is 0 Å². The first-order valence-corrected chi connectivity index (χ1v) is 13.1. The molecule has 0 amide bonds. The second-order valence-electron chi connectivity index (χ2n) is 10.7. The van der Waals surface area contributed by atoms with E-state index in [0.717, 1.165) is 55.5 Å². The Morgan fingerprint density at radius 2 is 1.32 bits per heavy atom. The third-order valence-corrected chi connectivity index (χ3v) is 7.41. The second kappa shape index (κ2) is 8.48. The van der Waals surface area contributed by atoms with Gasteiger partial charge in [-0.15, -0.1) is 0 Å². The van der Waals surface area contributed by atoms with Crippen LogP contribution in [-0.4, -0.2) is 30.1 Å². The second-order valence-corrected chi connectivity index (χ2v) is 10.7. The zero-order valence-corrected chi connectivity index (χ0v) is 21.9. The molecule has 0 saturated carbocycles. The van der Waals surface area contributed by atoms with Crippen LogP contribution in [0.4, 0.5) is 0 Å². The van der Waals surface area contributed by atoms with Crippen molar-refractivity contribution >= 4 is 43.4 Å². The summed E-state index contributed by atoms with van der Waals surface area (Å²) < 4.78 is 0. The minimum Gasteiger partial charge on any atom is -0.342 e. The Morgan fingerprint density at radius 1 is 0.632 bits per heavy atom. The van der Waals surface area contributed by atoms with Crippen LogP contribution >= 0.6 is 0 Å². The first-order valence-electron chi connectivity index (χ1n) is 13.1. The maximum absolute atomic E-state index is 4.92. The number of hydrogen-bond acceptors (Lipinski definition) is 4. The number of imidazole rings is 2. The number of aromatic nitrogens is 6. The Bertz CT molecular complexity index is 1990. The fraction of sp³-hybridized carbons (Fsp3) is 0.188. The number of rotatable bonds is 4. The summed E-state index contributed by atoms with van der Waals surface area (Å²) in [5.41, 5.74) is 6.41. The number of hydrogen-bond donors (Lipinski definition) is 2.